The Kier molecular flexibility index (Phi) is 3.33. The third kappa shape index (κ3) is 2.23. The van der Waals surface area contributed by atoms with E-state index >= 15 is 0 Å². The molecule has 0 atom stereocenters. The van der Waals surface area contributed by atoms with Crippen LogP contribution in [0.25, 0.3) is 10.9 Å². The van der Waals surface area contributed by atoms with Gasteiger partial charge in [-0.3, -0.25) is 9.48 Å². The summed E-state index contributed by atoms with van der Waals surface area (Å²) in [5, 5.41) is 7.98. The van der Waals surface area contributed by atoms with Crippen LogP contribution in [0.2, 0.25) is 0 Å². The second-order valence-electron chi connectivity index (χ2n) is 4.52. The number of Topliss-reactive ketones (excluding diaryl/α,β-unsaturated/α-hetero) is 1. The SMILES string of the molecule is Cn1nc(CC(=O)c2csc(CN)n2)c2ccccc21. The molecule has 0 fully saturated rings. The maximum absolute atomic E-state index is 12.3. The number of ketones is 1. The van der Waals surface area contributed by atoms with Gasteiger partial charge in [-0.2, -0.15) is 5.10 Å². The summed E-state index contributed by atoms with van der Waals surface area (Å²) in [4.78, 5) is 16.5. The fraction of sp³-hybridized carbons (Fsp3) is 0.214. The fourth-order valence-electron chi connectivity index (χ4n) is 2.19. The monoisotopic (exact) mass is 286 g/mol. The Bertz CT molecular complexity index is 774. The molecule has 0 saturated carbocycles. The number of benzene rings is 1. The van der Waals surface area contributed by atoms with E-state index in [-0.39, 0.29) is 12.2 Å². The van der Waals surface area contributed by atoms with Crippen molar-refractivity contribution in [3.8, 4) is 0 Å². The largest absolute Gasteiger partial charge is 0.325 e. The zero-order chi connectivity index (χ0) is 14.1. The summed E-state index contributed by atoms with van der Waals surface area (Å²) >= 11 is 1.41. The second-order valence-corrected chi connectivity index (χ2v) is 5.46. The van der Waals surface area contributed by atoms with E-state index in [1.54, 1.807) is 10.1 Å². The van der Waals surface area contributed by atoms with Crippen molar-refractivity contribution in [1.29, 1.82) is 0 Å². The molecule has 2 heterocycles. The molecular weight excluding hydrogens is 272 g/mol. The van der Waals surface area contributed by atoms with Gasteiger partial charge in [-0.25, -0.2) is 4.98 Å². The Balaban J connectivity index is 1.91. The van der Waals surface area contributed by atoms with Crippen molar-refractivity contribution >= 4 is 28.0 Å². The molecule has 0 aliphatic carbocycles. The average Bonchev–Trinajstić information content (AvgIpc) is 3.05. The lowest BCUT2D eigenvalue weighted by molar-refractivity contribution is 0.0988. The molecular formula is C14H14N4OS. The molecule has 2 N–H and O–H groups in total. The molecule has 102 valence electrons. The standard InChI is InChI=1S/C14H14N4OS/c1-18-12-5-3-2-4-9(12)10(17-18)6-13(19)11-8-20-14(7-15)16-11/h2-5,8H,6-7,15H2,1H3. The van der Waals surface area contributed by atoms with Gasteiger partial charge in [0.15, 0.2) is 5.78 Å². The van der Waals surface area contributed by atoms with Gasteiger partial charge in [0.25, 0.3) is 0 Å². The number of hydrogen-bond donors (Lipinski definition) is 1. The van der Waals surface area contributed by atoms with Gasteiger partial charge >= 0.3 is 0 Å². The third-order valence-corrected chi connectivity index (χ3v) is 4.05. The fourth-order valence-corrected chi connectivity index (χ4v) is 2.87. The lowest BCUT2D eigenvalue weighted by atomic mass is 10.1. The van der Waals surface area contributed by atoms with E-state index in [9.17, 15) is 4.79 Å². The van der Waals surface area contributed by atoms with Gasteiger partial charge in [-0.1, -0.05) is 18.2 Å². The summed E-state index contributed by atoms with van der Waals surface area (Å²) in [6, 6.07) is 7.89. The maximum Gasteiger partial charge on any atom is 0.188 e. The average molecular weight is 286 g/mol. The first-order chi connectivity index (χ1) is 9.69. The number of rotatable bonds is 4. The first-order valence-electron chi connectivity index (χ1n) is 6.27. The molecule has 3 aromatic rings. The number of nitrogens with zero attached hydrogens (tertiary/aromatic N) is 3. The van der Waals surface area contributed by atoms with Crippen LogP contribution in [0.3, 0.4) is 0 Å². The number of carbonyl (C=O) groups excluding carboxylic acids is 1. The van der Waals surface area contributed by atoms with E-state index in [0.29, 0.717) is 12.2 Å². The summed E-state index contributed by atoms with van der Waals surface area (Å²) < 4.78 is 1.80. The van der Waals surface area contributed by atoms with Gasteiger partial charge in [0.05, 0.1) is 17.6 Å². The summed E-state index contributed by atoms with van der Waals surface area (Å²) in [6.07, 6.45) is 0.259. The molecule has 5 nitrogen and oxygen atoms in total. The summed E-state index contributed by atoms with van der Waals surface area (Å²) in [5.41, 5.74) is 7.80. The van der Waals surface area contributed by atoms with E-state index < -0.39 is 0 Å². The molecule has 1 aromatic carbocycles. The molecule has 0 saturated heterocycles. The van der Waals surface area contributed by atoms with Crippen LogP contribution in [0.5, 0.6) is 0 Å². The predicted octanol–water partition coefficient (Wildman–Crippen LogP) is 1.91. The van der Waals surface area contributed by atoms with Crippen LogP contribution < -0.4 is 5.73 Å². The number of nitrogens with two attached hydrogens (primary N) is 1. The molecule has 0 bridgehead atoms. The Labute approximate surface area is 120 Å². The van der Waals surface area contributed by atoms with Crippen molar-refractivity contribution in [3.05, 3.63) is 46.0 Å². The Morgan fingerprint density at radius 1 is 1.40 bits per heavy atom. The highest BCUT2D eigenvalue weighted by Gasteiger charge is 2.15. The first-order valence-corrected chi connectivity index (χ1v) is 7.15. The van der Waals surface area contributed by atoms with Crippen molar-refractivity contribution in [2.45, 2.75) is 13.0 Å². The van der Waals surface area contributed by atoms with E-state index in [1.807, 2.05) is 31.3 Å². The maximum atomic E-state index is 12.3. The summed E-state index contributed by atoms with van der Waals surface area (Å²) in [7, 11) is 1.88. The van der Waals surface area contributed by atoms with E-state index in [2.05, 4.69) is 10.1 Å². The number of aromatic nitrogens is 3. The molecule has 3 rings (SSSR count). The smallest absolute Gasteiger partial charge is 0.188 e. The number of para-hydroxylation sites is 1. The quantitative estimate of drug-likeness (QED) is 0.744. The molecule has 0 aliphatic heterocycles. The van der Waals surface area contributed by atoms with Crippen molar-refractivity contribution in [3.63, 3.8) is 0 Å². The van der Waals surface area contributed by atoms with Gasteiger partial charge in [0, 0.05) is 24.4 Å². The molecule has 0 unspecified atom stereocenters. The van der Waals surface area contributed by atoms with Crippen LogP contribution in [0.15, 0.2) is 29.6 Å². The highest BCUT2D eigenvalue weighted by atomic mass is 32.1. The van der Waals surface area contributed by atoms with Gasteiger partial charge in [0.1, 0.15) is 10.7 Å². The topological polar surface area (TPSA) is 73.8 Å². The molecule has 20 heavy (non-hydrogen) atoms. The van der Waals surface area contributed by atoms with Crippen molar-refractivity contribution in [1.82, 2.24) is 14.8 Å². The van der Waals surface area contributed by atoms with Crippen molar-refractivity contribution < 1.29 is 4.79 Å². The van der Waals surface area contributed by atoms with Gasteiger partial charge in [-0.15, -0.1) is 11.3 Å². The van der Waals surface area contributed by atoms with Gasteiger partial charge in [0.2, 0.25) is 0 Å². The minimum atomic E-state index is -0.0233. The summed E-state index contributed by atoms with van der Waals surface area (Å²) in [5.74, 6) is -0.0233. The van der Waals surface area contributed by atoms with Crippen molar-refractivity contribution in [2.75, 3.05) is 0 Å². The van der Waals surface area contributed by atoms with Crippen LogP contribution in [-0.2, 0) is 20.0 Å². The number of aryl methyl sites for hydroxylation is 1. The number of carbonyl (C=O) groups is 1. The van der Waals surface area contributed by atoms with Crippen LogP contribution in [0.1, 0.15) is 21.2 Å². The third-order valence-electron chi connectivity index (χ3n) is 3.17. The highest BCUT2D eigenvalue weighted by molar-refractivity contribution is 7.09. The van der Waals surface area contributed by atoms with E-state index in [1.165, 1.54) is 11.3 Å². The second kappa shape index (κ2) is 5.15. The van der Waals surface area contributed by atoms with Gasteiger partial charge in [-0.05, 0) is 6.07 Å². The first kappa shape index (κ1) is 13.0. The Morgan fingerprint density at radius 2 is 2.20 bits per heavy atom. The van der Waals surface area contributed by atoms with Crippen LogP contribution >= 0.6 is 11.3 Å². The van der Waals surface area contributed by atoms with Gasteiger partial charge < -0.3 is 5.73 Å². The minimum Gasteiger partial charge on any atom is -0.325 e. The number of hydrogen-bond acceptors (Lipinski definition) is 5. The predicted molar refractivity (Wildman–Crippen MR) is 78.8 cm³/mol. The lowest BCUT2D eigenvalue weighted by Crippen LogP contribution is -2.06. The molecule has 0 radical (unpaired) electrons. The number of fused-ring (bicyclic) bond motifs is 1. The molecule has 0 amide bonds. The van der Waals surface area contributed by atoms with Crippen LogP contribution in [0, 0.1) is 0 Å². The summed E-state index contributed by atoms with van der Waals surface area (Å²) in [6.45, 7) is 0.366. The normalized spacial score (nSPS) is 11.1. The minimum absolute atomic E-state index is 0.0233. The zero-order valence-electron chi connectivity index (χ0n) is 11.0. The molecule has 0 aliphatic rings. The highest BCUT2D eigenvalue weighted by Crippen LogP contribution is 2.19. The Hall–Kier alpha value is -2.05. The van der Waals surface area contributed by atoms with Crippen LogP contribution in [0.4, 0.5) is 0 Å². The zero-order valence-corrected chi connectivity index (χ0v) is 11.9. The van der Waals surface area contributed by atoms with Crippen LogP contribution in [-0.4, -0.2) is 20.5 Å². The van der Waals surface area contributed by atoms with Crippen molar-refractivity contribution in [2.24, 2.45) is 12.8 Å². The molecule has 0 spiro atoms. The lowest BCUT2D eigenvalue weighted by Gasteiger charge is -1.95. The molecule has 6 heteroatoms. The number of thiazole rings is 1. The Morgan fingerprint density at radius 3 is 2.95 bits per heavy atom. The van der Waals surface area contributed by atoms with E-state index in [0.717, 1.165) is 21.6 Å². The molecule has 2 aromatic heterocycles. The van der Waals surface area contributed by atoms with E-state index in [4.69, 9.17) is 5.73 Å².